The average Bonchev–Trinajstić information content (AvgIpc) is 2.26. The Kier molecular flexibility index (Phi) is 3.63. The first-order valence-electron chi connectivity index (χ1n) is 4.06. The van der Waals surface area contributed by atoms with Crippen LogP contribution < -0.4 is 16.6 Å². The van der Waals surface area contributed by atoms with Crippen LogP contribution >= 0.6 is 0 Å². The highest BCUT2D eigenvalue weighted by atomic mass is 16.2. The number of carbonyl (C=O) groups is 2. The van der Waals surface area contributed by atoms with Crippen LogP contribution in [0.3, 0.4) is 0 Å². The molecule has 0 saturated carbocycles. The molecule has 0 aliphatic rings. The van der Waals surface area contributed by atoms with Crippen molar-refractivity contribution < 1.29 is 9.59 Å². The maximum Gasteiger partial charge on any atom is 0.303 e. The van der Waals surface area contributed by atoms with Crippen LogP contribution in [-0.2, 0) is 9.59 Å². The Morgan fingerprint density at radius 2 is 1.86 bits per heavy atom. The molecule has 0 aromatic heterocycles. The van der Waals surface area contributed by atoms with E-state index in [0.29, 0.717) is 0 Å². The van der Waals surface area contributed by atoms with Crippen LogP contribution in [0.15, 0.2) is 30.3 Å². The van der Waals surface area contributed by atoms with Crippen molar-refractivity contribution in [2.75, 3.05) is 11.9 Å². The van der Waals surface area contributed by atoms with Gasteiger partial charge in [-0.2, -0.15) is 0 Å². The summed E-state index contributed by atoms with van der Waals surface area (Å²) in [6, 6.07) is 9.12. The van der Waals surface area contributed by atoms with Crippen molar-refractivity contribution in [1.29, 1.82) is 0 Å². The summed E-state index contributed by atoms with van der Waals surface area (Å²) in [6.45, 7) is -0.0625. The minimum Gasteiger partial charge on any atom is -0.377 e. The lowest BCUT2D eigenvalue weighted by atomic mass is 10.3. The molecule has 0 aliphatic heterocycles. The molecule has 0 aliphatic carbocycles. The number of ketones is 1. The van der Waals surface area contributed by atoms with Crippen molar-refractivity contribution in [3.8, 4) is 0 Å². The van der Waals surface area contributed by atoms with E-state index in [0.717, 1.165) is 5.69 Å². The number of rotatable bonds is 4. The number of amides is 1. The highest BCUT2D eigenvalue weighted by molar-refractivity contribution is 6.37. The maximum atomic E-state index is 11.0. The molecule has 14 heavy (non-hydrogen) atoms. The van der Waals surface area contributed by atoms with Crippen LogP contribution in [0.1, 0.15) is 0 Å². The quantitative estimate of drug-likeness (QED) is 0.264. The van der Waals surface area contributed by atoms with Crippen LogP contribution in [0.25, 0.3) is 0 Å². The number of nitrogens with two attached hydrogens (primary N) is 1. The summed E-state index contributed by atoms with van der Waals surface area (Å²) in [5.41, 5.74) is 2.56. The van der Waals surface area contributed by atoms with Gasteiger partial charge in [0.2, 0.25) is 5.78 Å². The molecule has 0 fully saturated rings. The monoisotopic (exact) mass is 193 g/mol. The summed E-state index contributed by atoms with van der Waals surface area (Å²) >= 11 is 0. The molecule has 0 atom stereocenters. The van der Waals surface area contributed by atoms with Gasteiger partial charge in [0, 0.05) is 5.69 Å². The van der Waals surface area contributed by atoms with E-state index in [1.54, 1.807) is 17.6 Å². The molecule has 1 aromatic rings. The van der Waals surface area contributed by atoms with Crippen molar-refractivity contribution in [3.05, 3.63) is 30.3 Å². The Morgan fingerprint density at radius 1 is 1.21 bits per heavy atom. The average molecular weight is 193 g/mol. The van der Waals surface area contributed by atoms with Gasteiger partial charge >= 0.3 is 5.91 Å². The second-order valence-electron chi connectivity index (χ2n) is 2.62. The van der Waals surface area contributed by atoms with Gasteiger partial charge < -0.3 is 5.32 Å². The first-order valence-corrected chi connectivity index (χ1v) is 4.06. The lowest BCUT2D eigenvalue weighted by molar-refractivity contribution is -0.136. The zero-order chi connectivity index (χ0) is 10.4. The molecule has 74 valence electrons. The Labute approximate surface area is 81.3 Å². The van der Waals surface area contributed by atoms with Crippen LogP contribution in [0, 0.1) is 0 Å². The van der Waals surface area contributed by atoms with Gasteiger partial charge in [0.15, 0.2) is 0 Å². The summed E-state index contributed by atoms with van der Waals surface area (Å²) in [5, 5.41) is 2.79. The van der Waals surface area contributed by atoms with Crippen LogP contribution in [-0.4, -0.2) is 18.2 Å². The minimum atomic E-state index is -0.798. The van der Waals surface area contributed by atoms with Gasteiger partial charge in [-0.1, -0.05) is 18.2 Å². The molecule has 0 heterocycles. The first-order chi connectivity index (χ1) is 6.74. The van der Waals surface area contributed by atoms with E-state index in [1.165, 1.54) is 0 Å². The zero-order valence-corrected chi connectivity index (χ0v) is 7.49. The molecule has 5 nitrogen and oxygen atoms in total. The van der Waals surface area contributed by atoms with Crippen LogP contribution in [0.2, 0.25) is 0 Å². The van der Waals surface area contributed by atoms with Gasteiger partial charge in [-0.15, -0.1) is 0 Å². The number of carbonyl (C=O) groups excluding carboxylic acids is 2. The molecular weight excluding hydrogens is 182 g/mol. The Morgan fingerprint density at radius 3 is 2.43 bits per heavy atom. The van der Waals surface area contributed by atoms with E-state index in [4.69, 9.17) is 5.84 Å². The van der Waals surface area contributed by atoms with E-state index in [2.05, 4.69) is 5.32 Å². The topological polar surface area (TPSA) is 84.2 Å². The van der Waals surface area contributed by atoms with Gasteiger partial charge in [0.05, 0.1) is 6.54 Å². The number of nitrogens with one attached hydrogen (secondary N) is 2. The number of hydrogen-bond acceptors (Lipinski definition) is 4. The Hall–Kier alpha value is -1.88. The highest BCUT2D eigenvalue weighted by Crippen LogP contribution is 2.03. The number of Topliss-reactive ketones (excluding diaryl/α,β-unsaturated/α-hetero) is 1. The fourth-order valence-electron chi connectivity index (χ4n) is 0.899. The molecular formula is C9H11N3O2. The van der Waals surface area contributed by atoms with Crippen molar-refractivity contribution >= 4 is 17.4 Å². The van der Waals surface area contributed by atoms with E-state index < -0.39 is 11.7 Å². The summed E-state index contributed by atoms with van der Waals surface area (Å²) in [6.07, 6.45) is 0. The van der Waals surface area contributed by atoms with Gasteiger partial charge in [0.1, 0.15) is 0 Å². The molecule has 1 amide bonds. The standard InChI is InChI=1S/C9H11N3O2/c10-12-9(14)8(13)6-11-7-4-2-1-3-5-7/h1-5,11H,6,10H2,(H,12,14). The van der Waals surface area contributed by atoms with Crippen molar-refractivity contribution in [3.63, 3.8) is 0 Å². The Bertz CT molecular complexity index is 324. The number of hydrogen-bond donors (Lipinski definition) is 3. The maximum absolute atomic E-state index is 11.0. The zero-order valence-electron chi connectivity index (χ0n) is 7.49. The summed E-state index contributed by atoms with van der Waals surface area (Å²) in [4.78, 5) is 21.7. The fraction of sp³-hybridized carbons (Fsp3) is 0.111. The largest absolute Gasteiger partial charge is 0.377 e. The normalized spacial score (nSPS) is 9.21. The predicted molar refractivity (Wildman–Crippen MR) is 52.3 cm³/mol. The SMILES string of the molecule is NNC(=O)C(=O)CNc1ccccc1. The lowest BCUT2D eigenvalue weighted by Crippen LogP contribution is -2.39. The summed E-state index contributed by atoms with van der Waals surface area (Å²) < 4.78 is 0. The van der Waals surface area contributed by atoms with E-state index in [-0.39, 0.29) is 6.54 Å². The van der Waals surface area contributed by atoms with Crippen molar-refractivity contribution in [2.24, 2.45) is 5.84 Å². The third-order valence-electron chi connectivity index (χ3n) is 1.61. The first kappa shape index (κ1) is 10.2. The van der Waals surface area contributed by atoms with E-state index in [9.17, 15) is 9.59 Å². The van der Waals surface area contributed by atoms with Crippen molar-refractivity contribution in [1.82, 2.24) is 5.43 Å². The minimum absolute atomic E-state index is 0.0625. The van der Waals surface area contributed by atoms with Gasteiger partial charge in [0.25, 0.3) is 0 Å². The van der Waals surface area contributed by atoms with Gasteiger partial charge in [-0.3, -0.25) is 15.0 Å². The van der Waals surface area contributed by atoms with Gasteiger partial charge in [-0.05, 0) is 12.1 Å². The van der Waals surface area contributed by atoms with Crippen LogP contribution in [0.4, 0.5) is 5.69 Å². The number of hydrazine groups is 1. The highest BCUT2D eigenvalue weighted by Gasteiger charge is 2.10. The number of benzene rings is 1. The predicted octanol–water partition coefficient (Wildman–Crippen LogP) is -0.343. The van der Waals surface area contributed by atoms with Crippen molar-refractivity contribution in [2.45, 2.75) is 0 Å². The molecule has 4 N–H and O–H groups in total. The molecule has 0 saturated heterocycles. The second-order valence-corrected chi connectivity index (χ2v) is 2.62. The summed E-state index contributed by atoms with van der Waals surface area (Å²) in [7, 11) is 0. The summed E-state index contributed by atoms with van der Waals surface area (Å²) in [5.74, 6) is 3.40. The third kappa shape index (κ3) is 2.87. The molecule has 0 radical (unpaired) electrons. The fourth-order valence-corrected chi connectivity index (χ4v) is 0.899. The lowest BCUT2D eigenvalue weighted by Gasteiger charge is -2.03. The van der Waals surface area contributed by atoms with Gasteiger partial charge in [-0.25, -0.2) is 5.84 Å². The third-order valence-corrected chi connectivity index (χ3v) is 1.61. The number of anilines is 1. The molecule has 5 heteroatoms. The van der Waals surface area contributed by atoms with E-state index >= 15 is 0 Å². The van der Waals surface area contributed by atoms with Crippen LogP contribution in [0.5, 0.6) is 0 Å². The molecule has 1 rings (SSSR count). The molecule has 0 bridgehead atoms. The smallest absolute Gasteiger partial charge is 0.303 e. The number of para-hydroxylation sites is 1. The van der Waals surface area contributed by atoms with E-state index in [1.807, 2.05) is 18.2 Å². The Balaban J connectivity index is 2.42. The second kappa shape index (κ2) is 4.98. The molecule has 1 aromatic carbocycles. The molecule has 0 spiro atoms. The molecule has 0 unspecified atom stereocenters.